The van der Waals surface area contributed by atoms with Gasteiger partial charge in [-0.3, -0.25) is 4.79 Å². The third-order valence-electron chi connectivity index (χ3n) is 6.08. The highest BCUT2D eigenvalue weighted by Gasteiger charge is 2.20. The normalized spacial score (nSPS) is 18.4. The molecule has 1 amide bonds. The lowest BCUT2D eigenvalue weighted by molar-refractivity contribution is 0.0724. The van der Waals surface area contributed by atoms with Crippen LogP contribution in [0.5, 0.6) is 0 Å². The fourth-order valence-corrected chi connectivity index (χ4v) is 4.33. The molecule has 7 heteroatoms. The Kier molecular flexibility index (Phi) is 11.6. The molecule has 0 bridgehead atoms. The van der Waals surface area contributed by atoms with E-state index >= 15 is 0 Å². The molecule has 0 spiro atoms. The van der Waals surface area contributed by atoms with Gasteiger partial charge in [-0.2, -0.15) is 0 Å². The molecule has 2 fully saturated rings. The van der Waals surface area contributed by atoms with E-state index in [1.54, 1.807) is 0 Å². The van der Waals surface area contributed by atoms with E-state index in [0.717, 1.165) is 75.5 Å². The number of likely N-dealkylation sites (tertiary alicyclic amines) is 2. The van der Waals surface area contributed by atoms with Crippen molar-refractivity contribution in [1.29, 1.82) is 0 Å². The Hall–Kier alpha value is -1.35. The van der Waals surface area contributed by atoms with E-state index < -0.39 is 0 Å². The topological polar surface area (TPSA) is 60.0 Å². The Labute approximate surface area is 205 Å². The average molecular weight is 542 g/mol. The number of carbonyl (C=O) groups excluding carboxylic acids is 1. The number of nitrogens with zero attached hydrogens (tertiary/aromatic N) is 3. The van der Waals surface area contributed by atoms with Crippen molar-refractivity contribution in [2.24, 2.45) is 4.99 Å². The molecule has 2 aliphatic heterocycles. The number of hydrogen-bond acceptors (Lipinski definition) is 3. The first-order valence-electron chi connectivity index (χ1n) is 11.8. The summed E-state index contributed by atoms with van der Waals surface area (Å²) < 4.78 is 0. The van der Waals surface area contributed by atoms with Crippen LogP contribution < -0.4 is 10.6 Å². The van der Waals surface area contributed by atoms with E-state index in [1.165, 1.54) is 19.4 Å². The monoisotopic (exact) mass is 541 g/mol. The Balaban J connectivity index is 0.00000341. The van der Waals surface area contributed by atoms with E-state index in [2.05, 4.69) is 29.4 Å². The second-order valence-corrected chi connectivity index (χ2v) is 8.51. The van der Waals surface area contributed by atoms with E-state index in [-0.39, 0.29) is 29.9 Å². The van der Waals surface area contributed by atoms with Crippen LogP contribution in [0.2, 0.25) is 0 Å². The third-order valence-corrected chi connectivity index (χ3v) is 6.08. The zero-order chi connectivity index (χ0) is 21.2. The number of rotatable bonds is 7. The van der Waals surface area contributed by atoms with Crippen LogP contribution in [0.1, 0.15) is 68.3 Å². The molecule has 174 valence electrons. The van der Waals surface area contributed by atoms with Gasteiger partial charge in [0.15, 0.2) is 5.96 Å². The van der Waals surface area contributed by atoms with Crippen molar-refractivity contribution in [1.82, 2.24) is 20.4 Å². The number of nitrogens with one attached hydrogen (secondary N) is 2. The molecule has 2 aliphatic rings. The molecule has 2 N–H and O–H groups in total. The zero-order valence-corrected chi connectivity index (χ0v) is 21.6. The van der Waals surface area contributed by atoms with Crippen molar-refractivity contribution < 1.29 is 4.79 Å². The van der Waals surface area contributed by atoms with Crippen molar-refractivity contribution in [3.63, 3.8) is 0 Å². The molecule has 1 aromatic carbocycles. The van der Waals surface area contributed by atoms with Gasteiger partial charge < -0.3 is 20.4 Å². The Morgan fingerprint density at radius 2 is 1.71 bits per heavy atom. The SMILES string of the molecule is CCCN1CCC(NC(=NCc2ccc(C(=O)N3CCCCC3)cc2)NCC)CC1.I. The molecule has 0 atom stereocenters. The highest BCUT2D eigenvalue weighted by molar-refractivity contribution is 14.0. The Morgan fingerprint density at radius 3 is 2.32 bits per heavy atom. The number of carbonyl (C=O) groups is 1. The summed E-state index contributed by atoms with van der Waals surface area (Å²) in [4.78, 5) is 21.9. The molecule has 0 aliphatic carbocycles. The lowest BCUT2D eigenvalue weighted by Crippen LogP contribution is -2.48. The summed E-state index contributed by atoms with van der Waals surface area (Å²) in [5.41, 5.74) is 1.91. The van der Waals surface area contributed by atoms with Gasteiger partial charge in [-0.25, -0.2) is 4.99 Å². The molecule has 0 unspecified atom stereocenters. The highest BCUT2D eigenvalue weighted by Crippen LogP contribution is 2.14. The van der Waals surface area contributed by atoms with Gasteiger partial charge in [0.2, 0.25) is 0 Å². The summed E-state index contributed by atoms with van der Waals surface area (Å²) in [5.74, 6) is 1.05. The number of benzene rings is 1. The van der Waals surface area contributed by atoms with Crippen LogP contribution in [0.3, 0.4) is 0 Å². The van der Waals surface area contributed by atoms with Crippen LogP contribution in [-0.2, 0) is 6.54 Å². The number of guanidine groups is 1. The molecule has 0 radical (unpaired) electrons. The van der Waals surface area contributed by atoms with Crippen LogP contribution in [0.25, 0.3) is 0 Å². The maximum Gasteiger partial charge on any atom is 0.253 e. The minimum absolute atomic E-state index is 0. The van der Waals surface area contributed by atoms with Crippen LogP contribution in [-0.4, -0.2) is 67.0 Å². The van der Waals surface area contributed by atoms with Crippen molar-refractivity contribution in [2.75, 3.05) is 39.3 Å². The fraction of sp³-hybridized carbons (Fsp3) is 0.667. The first-order valence-corrected chi connectivity index (χ1v) is 11.8. The second kappa shape index (κ2) is 13.9. The number of aliphatic imine (C=N–C) groups is 1. The highest BCUT2D eigenvalue weighted by atomic mass is 127. The molecular formula is C24H40IN5O. The van der Waals surface area contributed by atoms with Gasteiger partial charge in [0.1, 0.15) is 0 Å². The van der Waals surface area contributed by atoms with E-state index in [4.69, 9.17) is 4.99 Å². The summed E-state index contributed by atoms with van der Waals surface area (Å²) in [5, 5.41) is 6.99. The van der Waals surface area contributed by atoms with Gasteiger partial charge >= 0.3 is 0 Å². The molecule has 2 heterocycles. The summed E-state index contributed by atoms with van der Waals surface area (Å²) in [6.45, 7) is 11.1. The summed E-state index contributed by atoms with van der Waals surface area (Å²) >= 11 is 0. The minimum Gasteiger partial charge on any atom is -0.357 e. The van der Waals surface area contributed by atoms with E-state index in [9.17, 15) is 4.79 Å². The molecule has 0 saturated carbocycles. The number of halogens is 1. The van der Waals surface area contributed by atoms with Gasteiger partial charge in [-0.15, -0.1) is 24.0 Å². The summed E-state index contributed by atoms with van der Waals surface area (Å²) in [6.07, 6.45) is 7.04. The lowest BCUT2D eigenvalue weighted by Gasteiger charge is -2.32. The lowest BCUT2D eigenvalue weighted by atomic mass is 10.1. The molecular weight excluding hydrogens is 501 g/mol. The molecule has 6 nitrogen and oxygen atoms in total. The fourth-order valence-electron chi connectivity index (χ4n) is 4.33. The summed E-state index contributed by atoms with van der Waals surface area (Å²) in [6, 6.07) is 8.46. The predicted octanol–water partition coefficient (Wildman–Crippen LogP) is 3.86. The standard InChI is InChI=1S/C24H39N5O.HI/c1-3-14-28-17-12-22(13-18-28)27-24(25-4-2)26-19-20-8-10-21(11-9-20)23(30)29-15-6-5-7-16-29;/h8-11,22H,3-7,12-19H2,1-2H3,(H2,25,26,27);1H. The molecule has 31 heavy (non-hydrogen) atoms. The Bertz CT molecular complexity index is 680. The summed E-state index contributed by atoms with van der Waals surface area (Å²) in [7, 11) is 0. The van der Waals surface area contributed by atoms with E-state index in [1.807, 2.05) is 29.2 Å². The van der Waals surface area contributed by atoms with Gasteiger partial charge in [-0.1, -0.05) is 19.1 Å². The molecule has 0 aromatic heterocycles. The van der Waals surface area contributed by atoms with Crippen molar-refractivity contribution in [3.05, 3.63) is 35.4 Å². The van der Waals surface area contributed by atoms with Gasteiger partial charge in [0, 0.05) is 44.3 Å². The van der Waals surface area contributed by atoms with Gasteiger partial charge in [0.05, 0.1) is 6.54 Å². The minimum atomic E-state index is 0. The maximum atomic E-state index is 12.6. The van der Waals surface area contributed by atoms with Gasteiger partial charge in [0.25, 0.3) is 5.91 Å². The first kappa shape index (κ1) is 25.9. The number of amides is 1. The molecule has 3 rings (SSSR count). The predicted molar refractivity (Wildman–Crippen MR) is 139 cm³/mol. The second-order valence-electron chi connectivity index (χ2n) is 8.51. The quantitative estimate of drug-likeness (QED) is 0.313. The first-order chi connectivity index (χ1) is 14.7. The number of hydrogen-bond donors (Lipinski definition) is 2. The average Bonchev–Trinajstić information content (AvgIpc) is 2.79. The van der Waals surface area contributed by atoms with Crippen molar-refractivity contribution in [3.8, 4) is 0 Å². The van der Waals surface area contributed by atoms with Crippen LogP contribution in [0, 0.1) is 0 Å². The van der Waals surface area contributed by atoms with Crippen molar-refractivity contribution in [2.45, 2.75) is 65.0 Å². The molecule has 1 aromatic rings. The van der Waals surface area contributed by atoms with Crippen LogP contribution in [0.4, 0.5) is 0 Å². The smallest absolute Gasteiger partial charge is 0.253 e. The maximum absolute atomic E-state index is 12.6. The number of piperidine rings is 2. The van der Waals surface area contributed by atoms with Crippen LogP contribution >= 0.6 is 24.0 Å². The van der Waals surface area contributed by atoms with Crippen LogP contribution in [0.15, 0.2) is 29.3 Å². The van der Waals surface area contributed by atoms with E-state index in [0.29, 0.717) is 12.6 Å². The Morgan fingerprint density at radius 1 is 1.03 bits per heavy atom. The van der Waals surface area contributed by atoms with Crippen molar-refractivity contribution >= 4 is 35.8 Å². The third kappa shape index (κ3) is 8.25. The molecule has 2 saturated heterocycles. The van der Waals surface area contributed by atoms with Gasteiger partial charge in [-0.05, 0) is 69.7 Å². The largest absolute Gasteiger partial charge is 0.357 e. The zero-order valence-electron chi connectivity index (χ0n) is 19.2.